The number of aromatic nitrogens is 6. The van der Waals surface area contributed by atoms with E-state index in [1.165, 1.54) is 32.2 Å². The van der Waals surface area contributed by atoms with Crippen molar-refractivity contribution in [2.24, 2.45) is 11.3 Å². The van der Waals surface area contributed by atoms with E-state index >= 15 is 0 Å². The molecule has 0 aliphatic heterocycles. The summed E-state index contributed by atoms with van der Waals surface area (Å²) in [6, 6.07) is 5.15. The third kappa shape index (κ3) is 5.30. The zero-order valence-electron chi connectivity index (χ0n) is 22.7. The summed E-state index contributed by atoms with van der Waals surface area (Å²) in [5.41, 5.74) is 0.835. The molecule has 4 rings (SSSR count). The molecule has 0 radical (unpaired) electrons. The summed E-state index contributed by atoms with van der Waals surface area (Å²) in [5, 5.41) is 7.82. The first kappa shape index (κ1) is 27.7. The first-order valence-electron chi connectivity index (χ1n) is 12.2. The molecule has 1 fully saturated rings. The zero-order chi connectivity index (χ0) is 27.7. The van der Waals surface area contributed by atoms with Crippen LogP contribution >= 0.6 is 0 Å². The Balaban J connectivity index is 1.81. The van der Waals surface area contributed by atoms with E-state index in [2.05, 4.69) is 39.0 Å². The highest BCUT2D eigenvalue weighted by Crippen LogP contribution is 2.48. The number of nitrogens with zero attached hydrogens (tertiary/aromatic N) is 6. The van der Waals surface area contributed by atoms with Gasteiger partial charge in [-0.1, -0.05) is 19.9 Å². The molecule has 0 unspecified atom stereocenters. The van der Waals surface area contributed by atoms with Gasteiger partial charge in [-0.3, -0.25) is 4.57 Å². The summed E-state index contributed by atoms with van der Waals surface area (Å²) in [5.74, 6) is 0.788. The average Bonchev–Trinajstić information content (AvgIpc) is 3.29. The maximum Gasteiger partial charge on any atom is 0.245 e. The molecule has 0 spiro atoms. The van der Waals surface area contributed by atoms with Gasteiger partial charge in [0, 0.05) is 13.2 Å². The van der Waals surface area contributed by atoms with Gasteiger partial charge in [-0.25, -0.2) is 13.4 Å². The van der Waals surface area contributed by atoms with Crippen molar-refractivity contribution in [2.75, 3.05) is 28.4 Å². The van der Waals surface area contributed by atoms with Crippen LogP contribution in [0.2, 0.25) is 0 Å². The number of ether oxygens (including phenoxy) is 4. The van der Waals surface area contributed by atoms with E-state index in [-0.39, 0.29) is 40.4 Å². The topological polar surface area (TPSA) is 140 Å². The molecular formula is C25H34N6O6S. The fourth-order valence-corrected chi connectivity index (χ4v) is 6.73. The third-order valence-corrected chi connectivity index (χ3v) is 9.04. The molecule has 0 N–H and O–H groups in total. The Bertz CT molecular complexity index is 1360. The van der Waals surface area contributed by atoms with E-state index in [9.17, 15) is 8.42 Å². The summed E-state index contributed by atoms with van der Waals surface area (Å²) < 4.78 is 51.0. The van der Waals surface area contributed by atoms with Crippen LogP contribution in [0.25, 0.3) is 17.2 Å². The normalized spacial score (nSPS) is 16.9. The van der Waals surface area contributed by atoms with Gasteiger partial charge in [0.05, 0.1) is 32.7 Å². The predicted octanol–water partition coefficient (Wildman–Crippen LogP) is 2.90. The fraction of sp³-hybridized carbons (Fsp3) is 0.560. The number of rotatable bonds is 11. The Morgan fingerprint density at radius 2 is 1.68 bits per heavy atom. The fourth-order valence-electron chi connectivity index (χ4n) is 5.18. The van der Waals surface area contributed by atoms with Gasteiger partial charge in [0.1, 0.15) is 17.8 Å². The molecule has 206 valence electrons. The van der Waals surface area contributed by atoms with Crippen LogP contribution in [0.3, 0.4) is 0 Å². The molecule has 2 atom stereocenters. The maximum atomic E-state index is 13.8. The van der Waals surface area contributed by atoms with Gasteiger partial charge in [0.25, 0.3) is 0 Å². The first-order chi connectivity index (χ1) is 18.0. The molecule has 1 aliphatic rings. The van der Waals surface area contributed by atoms with Crippen molar-refractivity contribution < 1.29 is 27.4 Å². The minimum absolute atomic E-state index is 0.131. The van der Waals surface area contributed by atoms with Crippen LogP contribution in [0.5, 0.6) is 17.6 Å². The molecule has 0 saturated heterocycles. The van der Waals surface area contributed by atoms with Crippen molar-refractivity contribution in [2.45, 2.75) is 50.7 Å². The second kappa shape index (κ2) is 10.8. The smallest absolute Gasteiger partial charge is 0.245 e. The second-order valence-corrected chi connectivity index (χ2v) is 12.5. The Hall–Kier alpha value is -3.32. The quantitative estimate of drug-likeness (QED) is 0.350. The van der Waals surface area contributed by atoms with E-state index in [4.69, 9.17) is 18.9 Å². The van der Waals surface area contributed by atoms with Gasteiger partial charge in [-0.15, -0.1) is 10.2 Å². The average molecular weight is 547 g/mol. The van der Waals surface area contributed by atoms with Gasteiger partial charge >= 0.3 is 0 Å². The van der Waals surface area contributed by atoms with E-state index in [0.29, 0.717) is 11.6 Å². The van der Waals surface area contributed by atoms with Crippen LogP contribution in [-0.2, 0) is 20.3 Å². The van der Waals surface area contributed by atoms with Crippen molar-refractivity contribution in [1.82, 2.24) is 29.7 Å². The second-order valence-electron chi connectivity index (χ2n) is 10.1. The highest BCUT2D eigenvalue weighted by atomic mass is 32.2. The predicted molar refractivity (Wildman–Crippen MR) is 139 cm³/mol. The van der Waals surface area contributed by atoms with Gasteiger partial charge in [-0.2, -0.15) is 9.97 Å². The Kier molecular flexibility index (Phi) is 7.88. The highest BCUT2D eigenvalue weighted by molar-refractivity contribution is 7.91. The number of sulfone groups is 1. The summed E-state index contributed by atoms with van der Waals surface area (Å²) in [6.07, 6.45) is 2.66. The summed E-state index contributed by atoms with van der Waals surface area (Å²) in [4.78, 5) is 12.9. The van der Waals surface area contributed by atoms with Crippen LogP contribution in [0.1, 0.15) is 39.4 Å². The molecule has 3 heterocycles. The SMILES string of the molecule is COc1cccc(-c2nnc(CS(=O)(=O)[C@@H](C)[C@H](OC)C3CC(C)(C)C3)n2-c2c(OC)ncnc2OC)n1. The molecule has 1 saturated carbocycles. The summed E-state index contributed by atoms with van der Waals surface area (Å²) in [7, 11) is 2.21. The minimum Gasteiger partial charge on any atom is -0.481 e. The lowest BCUT2D eigenvalue weighted by Crippen LogP contribution is -2.47. The van der Waals surface area contributed by atoms with E-state index in [0.717, 1.165) is 12.8 Å². The summed E-state index contributed by atoms with van der Waals surface area (Å²) >= 11 is 0. The van der Waals surface area contributed by atoms with Gasteiger partial charge in [-0.05, 0) is 37.2 Å². The molecule has 38 heavy (non-hydrogen) atoms. The number of methoxy groups -OCH3 is 4. The molecule has 0 bridgehead atoms. The number of pyridine rings is 1. The van der Waals surface area contributed by atoms with E-state index in [1.54, 1.807) is 32.2 Å². The first-order valence-corrected chi connectivity index (χ1v) is 13.9. The van der Waals surface area contributed by atoms with Gasteiger partial charge in [0.2, 0.25) is 17.6 Å². The Labute approximate surface area is 222 Å². The van der Waals surface area contributed by atoms with Crippen molar-refractivity contribution >= 4 is 9.84 Å². The van der Waals surface area contributed by atoms with Crippen LogP contribution < -0.4 is 14.2 Å². The Morgan fingerprint density at radius 1 is 1.03 bits per heavy atom. The number of hydrogen-bond donors (Lipinski definition) is 0. The van der Waals surface area contributed by atoms with Crippen LogP contribution in [0.15, 0.2) is 24.5 Å². The largest absolute Gasteiger partial charge is 0.481 e. The molecule has 3 aromatic rings. The lowest BCUT2D eigenvalue weighted by Gasteiger charge is -2.47. The van der Waals surface area contributed by atoms with Crippen LogP contribution in [0, 0.1) is 11.3 Å². The molecule has 3 aromatic heterocycles. The highest BCUT2D eigenvalue weighted by Gasteiger charge is 2.45. The van der Waals surface area contributed by atoms with Gasteiger partial charge in [0.15, 0.2) is 27.2 Å². The van der Waals surface area contributed by atoms with Crippen molar-refractivity contribution in [1.29, 1.82) is 0 Å². The number of hydrogen-bond acceptors (Lipinski definition) is 11. The minimum atomic E-state index is -3.75. The Morgan fingerprint density at radius 3 is 2.24 bits per heavy atom. The van der Waals surface area contributed by atoms with Crippen LogP contribution in [-0.4, -0.2) is 77.9 Å². The lowest BCUT2D eigenvalue weighted by atomic mass is 9.62. The van der Waals surface area contributed by atoms with E-state index in [1.807, 2.05) is 0 Å². The van der Waals surface area contributed by atoms with E-state index < -0.39 is 26.9 Å². The van der Waals surface area contributed by atoms with Crippen LogP contribution in [0.4, 0.5) is 0 Å². The lowest BCUT2D eigenvalue weighted by molar-refractivity contribution is -0.0368. The molecule has 12 nitrogen and oxygen atoms in total. The monoisotopic (exact) mass is 546 g/mol. The molecule has 1 aliphatic carbocycles. The van der Waals surface area contributed by atoms with Crippen molar-refractivity contribution in [3.05, 3.63) is 30.4 Å². The van der Waals surface area contributed by atoms with Crippen molar-refractivity contribution in [3.8, 4) is 34.8 Å². The zero-order valence-corrected chi connectivity index (χ0v) is 23.5. The standard InChI is InChI=1S/C25H34N6O6S/c1-15(21(35-5)16-11-25(2,3)12-16)38(32,33)13-18-29-30-22(17-9-8-10-19(28-17)34-4)31(18)20-23(36-6)26-14-27-24(20)37-7/h8-10,14-16,21H,11-13H2,1-7H3/t15-,21-/m0/s1. The van der Waals surface area contributed by atoms with Crippen molar-refractivity contribution in [3.63, 3.8) is 0 Å². The third-order valence-electron chi connectivity index (χ3n) is 6.98. The summed E-state index contributed by atoms with van der Waals surface area (Å²) in [6.45, 7) is 6.04. The molecular weight excluding hydrogens is 512 g/mol. The molecule has 0 amide bonds. The van der Waals surface area contributed by atoms with Gasteiger partial charge < -0.3 is 18.9 Å². The molecule has 0 aromatic carbocycles. The maximum absolute atomic E-state index is 13.8. The molecule has 13 heteroatoms.